The Balaban J connectivity index is 1.26. The highest BCUT2D eigenvalue weighted by molar-refractivity contribution is 7.89. The summed E-state index contributed by atoms with van der Waals surface area (Å²) in [7, 11) is -3.28. The fourth-order valence-corrected chi connectivity index (χ4v) is 7.71. The van der Waals surface area contributed by atoms with Gasteiger partial charge in [-0.3, -0.25) is 24.5 Å². The van der Waals surface area contributed by atoms with E-state index in [-0.39, 0.29) is 28.5 Å². The van der Waals surface area contributed by atoms with E-state index in [4.69, 9.17) is 10.6 Å². The summed E-state index contributed by atoms with van der Waals surface area (Å²) >= 11 is 0. The molecule has 0 saturated heterocycles. The van der Waals surface area contributed by atoms with E-state index in [0.29, 0.717) is 29.4 Å². The summed E-state index contributed by atoms with van der Waals surface area (Å²) in [6, 6.07) is 20.7. The molecular formula is C38H42N8O9S. The average Bonchev–Trinajstić information content (AvgIpc) is 3.86. The number of hydroxylamine groups is 1. The molecule has 6 rings (SSSR count). The summed E-state index contributed by atoms with van der Waals surface area (Å²) in [4.78, 5) is 68.3. The van der Waals surface area contributed by atoms with Crippen LogP contribution in [0.3, 0.4) is 0 Å². The van der Waals surface area contributed by atoms with Gasteiger partial charge in [-0.1, -0.05) is 71.9 Å². The first-order valence-corrected chi connectivity index (χ1v) is 19.3. The van der Waals surface area contributed by atoms with Crippen LogP contribution in [0.5, 0.6) is 0 Å². The van der Waals surface area contributed by atoms with E-state index in [0.717, 1.165) is 22.7 Å². The first-order chi connectivity index (χ1) is 26.9. The number of nitrogens with one attached hydrogen (secondary N) is 4. The van der Waals surface area contributed by atoms with Crippen molar-refractivity contribution < 1.29 is 42.3 Å². The van der Waals surface area contributed by atoms with Crippen molar-refractivity contribution >= 4 is 61.7 Å². The predicted molar refractivity (Wildman–Crippen MR) is 204 cm³/mol. The third-order valence-corrected chi connectivity index (χ3v) is 10.9. The van der Waals surface area contributed by atoms with E-state index in [9.17, 15) is 32.7 Å². The molecule has 2 heterocycles. The number of methoxy groups -OCH3 is 1. The number of fused-ring (bicyclic) bond motifs is 2. The van der Waals surface area contributed by atoms with Crippen LogP contribution in [0.2, 0.25) is 0 Å². The number of ether oxygens (including phenoxy) is 1. The number of anilines is 1. The summed E-state index contributed by atoms with van der Waals surface area (Å²) in [5.74, 6) is -2.41. The fourth-order valence-electron chi connectivity index (χ4n) is 6.38. The molecule has 1 aliphatic rings. The van der Waals surface area contributed by atoms with Crippen LogP contribution in [0.15, 0.2) is 89.8 Å². The van der Waals surface area contributed by atoms with Crippen LogP contribution in [0, 0.1) is 0 Å². The van der Waals surface area contributed by atoms with Gasteiger partial charge in [-0.25, -0.2) is 23.2 Å². The molecule has 0 radical (unpaired) electrons. The predicted octanol–water partition coefficient (Wildman–Crippen LogP) is 2.92. The smallest absolute Gasteiger partial charge is 0.413 e. The maximum absolute atomic E-state index is 14.3. The number of aliphatic hydroxyl groups excluding tert-OH is 1. The zero-order valence-corrected chi connectivity index (χ0v) is 31.2. The van der Waals surface area contributed by atoms with Crippen molar-refractivity contribution in [1.82, 2.24) is 30.1 Å². The lowest BCUT2D eigenvalue weighted by Gasteiger charge is -2.31. The topological polar surface area (TPSA) is 248 Å². The van der Waals surface area contributed by atoms with E-state index < -0.39 is 71.1 Å². The summed E-state index contributed by atoms with van der Waals surface area (Å²) < 4.78 is 33.9. The molecule has 4 amide bonds. The highest BCUT2D eigenvalue weighted by atomic mass is 32.2. The standard InChI is InChI=1S/C38H42N8O9S/c1-54-38(51)45-37-43-28-18-16-26(20-30(28)44-37)56(52,53)46(55-25-12-6-7-13-25)22-33(47)31(19-23-9-3-2-4-10-23)41-36(50)32(21-34(39)48)42-35(49)29-17-15-24-11-5-8-14-27(24)40-29/h2-5,8-11,14-18,20,25,31-33,47H,6-7,12-13,19,21-22H2,1H3,(H2,39,48)(H,41,50)(H,42,49)(H2,43,44,45,51)/t31-,32-,33?/m0/s1. The zero-order valence-electron chi connectivity index (χ0n) is 30.4. The minimum atomic E-state index is -4.47. The Labute approximate surface area is 322 Å². The number of imidazole rings is 1. The van der Waals surface area contributed by atoms with Crippen molar-refractivity contribution in [2.24, 2.45) is 5.73 Å². The summed E-state index contributed by atoms with van der Waals surface area (Å²) in [5, 5.41) is 20.3. The molecule has 1 unspecified atom stereocenters. The number of hydrogen-bond acceptors (Lipinski definition) is 11. The Morgan fingerprint density at radius 2 is 1.68 bits per heavy atom. The van der Waals surface area contributed by atoms with Crippen molar-refractivity contribution in [3.8, 4) is 0 Å². The minimum Gasteiger partial charge on any atom is -0.453 e. The highest BCUT2D eigenvalue weighted by Crippen LogP contribution is 2.28. The lowest BCUT2D eigenvalue weighted by atomic mass is 10.00. The van der Waals surface area contributed by atoms with Crippen molar-refractivity contribution in [3.63, 3.8) is 0 Å². The number of benzene rings is 3. The van der Waals surface area contributed by atoms with Crippen LogP contribution in [-0.4, -0.2) is 94.7 Å². The highest BCUT2D eigenvalue weighted by Gasteiger charge is 2.36. The number of carbonyl (C=O) groups is 4. The number of rotatable bonds is 16. The Morgan fingerprint density at radius 1 is 0.946 bits per heavy atom. The van der Waals surface area contributed by atoms with E-state index in [1.165, 1.54) is 31.4 Å². The second-order valence-electron chi connectivity index (χ2n) is 13.3. The van der Waals surface area contributed by atoms with Gasteiger partial charge < -0.3 is 31.2 Å². The molecule has 17 nitrogen and oxygen atoms in total. The Bertz CT molecular complexity index is 2320. The molecule has 5 aromatic rings. The Morgan fingerprint density at radius 3 is 2.41 bits per heavy atom. The van der Waals surface area contributed by atoms with Crippen molar-refractivity contribution in [2.45, 2.75) is 67.7 Å². The van der Waals surface area contributed by atoms with Gasteiger partial charge in [0.15, 0.2) is 0 Å². The molecule has 0 bridgehead atoms. The molecule has 3 atom stereocenters. The largest absolute Gasteiger partial charge is 0.453 e. The lowest BCUT2D eigenvalue weighted by Crippen LogP contribution is -2.56. The van der Waals surface area contributed by atoms with Gasteiger partial charge in [0.25, 0.3) is 15.9 Å². The number of pyridine rings is 1. The van der Waals surface area contributed by atoms with E-state index in [2.05, 4.69) is 35.6 Å². The molecule has 3 aromatic carbocycles. The molecule has 1 saturated carbocycles. The fraction of sp³-hybridized carbons (Fsp3) is 0.316. The van der Waals surface area contributed by atoms with Gasteiger partial charge in [0.1, 0.15) is 11.7 Å². The molecule has 1 fully saturated rings. The van der Waals surface area contributed by atoms with Gasteiger partial charge in [0.05, 0.1) is 59.8 Å². The lowest BCUT2D eigenvalue weighted by molar-refractivity contribution is -0.146. The molecule has 2 aromatic heterocycles. The SMILES string of the molecule is COC(=O)Nc1nc2ccc(S(=O)(=O)N(CC(O)[C@H](Cc3ccccc3)NC(=O)[C@H](CC(N)=O)NC(=O)c3ccc4ccccc4n3)OC3CCCC3)cc2[nH]1. The van der Waals surface area contributed by atoms with Gasteiger partial charge in [-0.15, -0.1) is 0 Å². The number of nitrogens with zero attached hydrogens (tertiary/aromatic N) is 3. The number of sulfonamides is 1. The number of aromatic nitrogens is 3. The number of hydrogen-bond donors (Lipinski definition) is 6. The Hall–Kier alpha value is -5.95. The Kier molecular flexibility index (Phi) is 12.5. The maximum atomic E-state index is 14.3. The van der Waals surface area contributed by atoms with Crippen LogP contribution < -0.4 is 21.7 Å². The molecule has 7 N–H and O–H groups in total. The third-order valence-electron chi connectivity index (χ3n) is 9.28. The van der Waals surface area contributed by atoms with Crippen molar-refractivity contribution in [2.75, 3.05) is 19.0 Å². The molecule has 294 valence electrons. The van der Waals surface area contributed by atoms with Crippen LogP contribution in [0.25, 0.3) is 21.9 Å². The zero-order chi connectivity index (χ0) is 39.8. The number of amides is 4. The average molecular weight is 787 g/mol. The van der Waals surface area contributed by atoms with E-state index in [1.807, 2.05) is 12.1 Å². The van der Waals surface area contributed by atoms with E-state index >= 15 is 0 Å². The van der Waals surface area contributed by atoms with Gasteiger partial charge in [-0.2, -0.15) is 0 Å². The number of primary amides is 1. The molecule has 18 heteroatoms. The quantitative estimate of drug-likeness (QED) is 0.0794. The van der Waals surface area contributed by atoms with Crippen molar-refractivity contribution in [1.29, 1.82) is 0 Å². The summed E-state index contributed by atoms with van der Waals surface area (Å²) in [5.41, 5.74) is 7.38. The normalized spacial score (nSPS) is 15.0. The summed E-state index contributed by atoms with van der Waals surface area (Å²) in [6.45, 7) is -0.610. The van der Waals surface area contributed by atoms with Crippen molar-refractivity contribution in [3.05, 3.63) is 96.2 Å². The minimum absolute atomic E-state index is 0.000944. The maximum Gasteiger partial charge on any atom is 0.413 e. The first-order valence-electron chi connectivity index (χ1n) is 17.9. The third kappa shape index (κ3) is 9.82. The molecular weight excluding hydrogens is 745 g/mol. The van der Waals surface area contributed by atoms with Crippen LogP contribution >= 0.6 is 0 Å². The second kappa shape index (κ2) is 17.7. The van der Waals surface area contributed by atoms with Crippen LogP contribution in [0.1, 0.15) is 48.2 Å². The van der Waals surface area contributed by atoms with Gasteiger partial charge >= 0.3 is 6.09 Å². The van der Waals surface area contributed by atoms with E-state index in [1.54, 1.807) is 48.5 Å². The van der Waals surface area contributed by atoms with Gasteiger partial charge in [0.2, 0.25) is 17.8 Å². The number of nitrogens with two attached hydrogens (primary N) is 1. The summed E-state index contributed by atoms with van der Waals surface area (Å²) in [6.07, 6.45) is -0.508. The number of aliphatic hydroxyl groups is 1. The molecule has 56 heavy (non-hydrogen) atoms. The number of carbonyl (C=O) groups excluding carboxylic acids is 4. The van der Waals surface area contributed by atoms with Gasteiger partial charge in [-0.05, 0) is 55.2 Å². The van der Waals surface area contributed by atoms with Crippen LogP contribution in [-0.2, 0) is 35.6 Å². The number of para-hydroxylation sites is 1. The van der Waals surface area contributed by atoms with Crippen LogP contribution in [0.4, 0.5) is 10.7 Å². The number of H-pyrrole nitrogens is 1. The monoisotopic (exact) mass is 786 g/mol. The molecule has 1 aliphatic carbocycles. The van der Waals surface area contributed by atoms with Gasteiger partial charge in [0, 0.05) is 5.39 Å². The molecule has 0 aliphatic heterocycles. The second-order valence-corrected chi connectivity index (χ2v) is 15.2. The first kappa shape index (κ1) is 39.7. The molecule has 0 spiro atoms. The number of aromatic amines is 1.